The summed E-state index contributed by atoms with van der Waals surface area (Å²) in [6.45, 7) is 0.741. The molecular weight excluding hydrogens is 264 g/mol. The Kier molecular flexibility index (Phi) is 2.64. The van der Waals surface area contributed by atoms with Crippen LogP contribution in [0.3, 0.4) is 0 Å². The molecule has 0 amide bonds. The van der Waals surface area contributed by atoms with Gasteiger partial charge in [0, 0.05) is 41.4 Å². The smallest absolute Gasteiger partial charge is 0.187 e. The van der Waals surface area contributed by atoms with Crippen LogP contribution in [-0.4, -0.2) is 28.6 Å². The molecule has 4 heterocycles. The third-order valence-corrected chi connectivity index (χ3v) is 3.66. The van der Waals surface area contributed by atoms with Gasteiger partial charge in [0.05, 0.1) is 18.3 Å². The number of aromatic amines is 1. The molecule has 5 heteroatoms. The molecule has 0 aliphatic carbocycles. The summed E-state index contributed by atoms with van der Waals surface area (Å²) < 4.78 is 5.24. The van der Waals surface area contributed by atoms with Gasteiger partial charge in [0.25, 0.3) is 0 Å². The molecular formula is C16H14N4O. The van der Waals surface area contributed by atoms with Gasteiger partial charge in [-0.15, -0.1) is 0 Å². The van der Waals surface area contributed by atoms with Crippen LogP contribution in [0.5, 0.6) is 0 Å². The number of fused-ring (bicyclic) bond motifs is 3. The Morgan fingerprint density at radius 3 is 3.05 bits per heavy atom. The zero-order chi connectivity index (χ0) is 14.2. The molecule has 4 rings (SSSR count). The Morgan fingerprint density at radius 1 is 1.19 bits per heavy atom. The maximum absolute atomic E-state index is 5.24. The molecule has 0 fully saturated rings. The first-order valence-corrected chi connectivity index (χ1v) is 6.78. The van der Waals surface area contributed by atoms with E-state index in [-0.39, 0.29) is 0 Å². The molecule has 0 radical (unpaired) electrons. The van der Waals surface area contributed by atoms with Crippen LogP contribution in [0.2, 0.25) is 0 Å². The maximum Gasteiger partial charge on any atom is 0.187 e. The van der Waals surface area contributed by atoms with Gasteiger partial charge in [-0.1, -0.05) is 6.08 Å². The van der Waals surface area contributed by atoms with Gasteiger partial charge in [-0.2, -0.15) is 0 Å². The number of hydrogen-bond acceptors (Lipinski definition) is 4. The highest BCUT2D eigenvalue weighted by Crippen LogP contribution is 2.26. The minimum Gasteiger partial charge on any atom is -0.482 e. The number of allylic oxidation sites excluding steroid dienone is 2. The van der Waals surface area contributed by atoms with Crippen LogP contribution < -0.4 is 5.32 Å². The van der Waals surface area contributed by atoms with E-state index >= 15 is 0 Å². The Labute approximate surface area is 121 Å². The van der Waals surface area contributed by atoms with Crippen molar-refractivity contribution < 1.29 is 4.74 Å². The molecule has 3 aromatic rings. The van der Waals surface area contributed by atoms with Crippen molar-refractivity contribution >= 4 is 27.5 Å². The molecule has 104 valence electrons. The van der Waals surface area contributed by atoms with Crippen molar-refractivity contribution in [3.8, 4) is 0 Å². The molecule has 5 nitrogen and oxygen atoms in total. The summed E-state index contributed by atoms with van der Waals surface area (Å²) in [7, 11) is 1.66. The monoisotopic (exact) mass is 278 g/mol. The third kappa shape index (κ3) is 1.94. The fraction of sp³-hybridized carbons (Fsp3) is 0.125. The Balaban J connectivity index is 1.86. The van der Waals surface area contributed by atoms with E-state index in [1.165, 1.54) is 0 Å². The number of pyridine rings is 2. The van der Waals surface area contributed by atoms with Crippen LogP contribution >= 0.6 is 0 Å². The number of H-pyrrole nitrogens is 1. The lowest BCUT2D eigenvalue weighted by atomic mass is 10.1. The van der Waals surface area contributed by atoms with Gasteiger partial charge in [-0.3, -0.25) is 4.98 Å². The Bertz CT molecular complexity index is 892. The lowest BCUT2D eigenvalue weighted by molar-refractivity contribution is 0.264. The summed E-state index contributed by atoms with van der Waals surface area (Å²) in [5, 5.41) is 5.33. The molecule has 0 aromatic carbocycles. The van der Waals surface area contributed by atoms with Gasteiger partial charge in [0.2, 0.25) is 0 Å². The summed E-state index contributed by atoms with van der Waals surface area (Å²) in [6, 6.07) is 6.08. The first-order valence-electron chi connectivity index (χ1n) is 6.78. The van der Waals surface area contributed by atoms with Crippen molar-refractivity contribution in [2.24, 2.45) is 0 Å². The quantitative estimate of drug-likeness (QED) is 0.756. The zero-order valence-electron chi connectivity index (χ0n) is 11.6. The fourth-order valence-corrected chi connectivity index (χ4v) is 2.60. The van der Waals surface area contributed by atoms with Crippen LogP contribution in [0.4, 0.5) is 0 Å². The van der Waals surface area contributed by atoms with Gasteiger partial charge in [-0.25, -0.2) is 4.98 Å². The minimum absolute atomic E-state index is 0.741. The summed E-state index contributed by atoms with van der Waals surface area (Å²) in [6.07, 6.45) is 7.70. The maximum atomic E-state index is 5.24. The highest BCUT2D eigenvalue weighted by atomic mass is 16.5. The lowest BCUT2D eigenvalue weighted by Gasteiger charge is -2.14. The van der Waals surface area contributed by atoms with Crippen LogP contribution in [0.15, 0.2) is 48.6 Å². The first-order chi connectivity index (χ1) is 10.3. The molecule has 3 aromatic heterocycles. The summed E-state index contributed by atoms with van der Waals surface area (Å²) in [5.74, 6) is 0.759. The second-order valence-corrected chi connectivity index (χ2v) is 4.89. The fourth-order valence-electron chi connectivity index (χ4n) is 2.60. The van der Waals surface area contributed by atoms with Gasteiger partial charge >= 0.3 is 0 Å². The van der Waals surface area contributed by atoms with Gasteiger partial charge in [0.1, 0.15) is 5.65 Å². The Morgan fingerprint density at radius 2 is 2.14 bits per heavy atom. The molecule has 0 saturated heterocycles. The number of methoxy groups -OCH3 is 1. The number of nitrogens with zero attached hydrogens (tertiary/aromatic N) is 2. The first kappa shape index (κ1) is 12.0. The molecule has 0 bridgehead atoms. The van der Waals surface area contributed by atoms with Crippen molar-refractivity contribution in [3.05, 3.63) is 54.3 Å². The van der Waals surface area contributed by atoms with Gasteiger partial charge in [0.15, 0.2) is 5.88 Å². The Hall–Kier alpha value is -2.82. The van der Waals surface area contributed by atoms with Crippen molar-refractivity contribution in [1.82, 2.24) is 20.3 Å². The second-order valence-electron chi connectivity index (χ2n) is 4.89. The van der Waals surface area contributed by atoms with Gasteiger partial charge < -0.3 is 15.0 Å². The molecule has 1 aliphatic heterocycles. The number of dihydropyridines is 1. The van der Waals surface area contributed by atoms with Crippen LogP contribution in [0.1, 0.15) is 5.69 Å². The number of rotatable bonds is 2. The standard InChI is InChI=1S/C16H14N4O/c1-21-15-8-10(4-7-18-15)13-3-2-11-12-9-17-6-5-14(12)20-16(11)19-13/h2-6,8-9,18H,7H2,1H3,(H,19,20). The highest BCUT2D eigenvalue weighted by Gasteiger charge is 2.11. The molecule has 0 spiro atoms. The largest absolute Gasteiger partial charge is 0.482 e. The van der Waals surface area contributed by atoms with E-state index in [1.54, 1.807) is 13.3 Å². The van der Waals surface area contributed by atoms with E-state index in [2.05, 4.69) is 27.4 Å². The SMILES string of the molecule is COC1=CC(c2ccc3c(n2)[nH]c2ccncc23)=CCN1. The predicted molar refractivity (Wildman–Crippen MR) is 82.5 cm³/mol. The van der Waals surface area contributed by atoms with Crippen molar-refractivity contribution in [1.29, 1.82) is 0 Å². The van der Waals surface area contributed by atoms with E-state index < -0.39 is 0 Å². The highest BCUT2D eigenvalue weighted by molar-refractivity contribution is 6.05. The number of aromatic nitrogens is 3. The molecule has 0 unspecified atom stereocenters. The lowest BCUT2D eigenvalue weighted by Crippen LogP contribution is -2.18. The third-order valence-electron chi connectivity index (χ3n) is 3.66. The van der Waals surface area contributed by atoms with Crippen molar-refractivity contribution in [2.75, 3.05) is 13.7 Å². The van der Waals surface area contributed by atoms with Crippen LogP contribution in [0, 0.1) is 0 Å². The normalized spacial score (nSPS) is 14.7. The van der Waals surface area contributed by atoms with Crippen molar-refractivity contribution in [3.63, 3.8) is 0 Å². The van der Waals surface area contributed by atoms with E-state index in [9.17, 15) is 0 Å². The van der Waals surface area contributed by atoms with E-state index in [0.29, 0.717) is 0 Å². The van der Waals surface area contributed by atoms with Gasteiger partial charge in [-0.05, 0) is 18.2 Å². The molecule has 2 N–H and O–H groups in total. The number of nitrogens with one attached hydrogen (secondary N) is 2. The summed E-state index contributed by atoms with van der Waals surface area (Å²) in [5.41, 5.74) is 3.92. The minimum atomic E-state index is 0.741. The zero-order valence-corrected chi connectivity index (χ0v) is 11.6. The summed E-state index contributed by atoms with van der Waals surface area (Å²) >= 11 is 0. The molecule has 21 heavy (non-hydrogen) atoms. The second kappa shape index (κ2) is 4.63. The van der Waals surface area contributed by atoms with Crippen LogP contribution in [0.25, 0.3) is 27.5 Å². The molecule has 1 aliphatic rings. The topological polar surface area (TPSA) is 62.8 Å². The summed E-state index contributed by atoms with van der Waals surface area (Å²) in [4.78, 5) is 12.2. The molecule has 0 atom stereocenters. The van der Waals surface area contributed by atoms with E-state index in [1.807, 2.05) is 24.4 Å². The predicted octanol–water partition coefficient (Wildman–Crippen LogP) is 2.59. The average molecular weight is 278 g/mol. The number of ether oxygens (including phenoxy) is 1. The van der Waals surface area contributed by atoms with E-state index in [4.69, 9.17) is 9.72 Å². The van der Waals surface area contributed by atoms with Crippen molar-refractivity contribution in [2.45, 2.75) is 0 Å². The van der Waals surface area contributed by atoms with E-state index in [0.717, 1.165) is 45.6 Å². The van der Waals surface area contributed by atoms with Crippen LogP contribution in [-0.2, 0) is 4.74 Å². The number of hydrogen-bond donors (Lipinski definition) is 2. The average Bonchev–Trinajstić information content (AvgIpc) is 2.92. The molecule has 0 saturated carbocycles.